The summed E-state index contributed by atoms with van der Waals surface area (Å²) in [5, 5.41) is 38.9. The van der Waals surface area contributed by atoms with Crippen LogP contribution in [0, 0.1) is 0 Å². The molecule has 27 heavy (non-hydrogen) atoms. The smallest absolute Gasteiger partial charge is 0.332 e. The zero-order valence-corrected chi connectivity index (χ0v) is 15.4. The molecular weight excluding hydrogens is 378 g/mol. The number of hydrogen-bond donors (Lipinski definition) is 5. The van der Waals surface area contributed by atoms with Gasteiger partial charge in [-0.15, -0.1) is 0 Å². The zero-order chi connectivity index (χ0) is 19.7. The lowest BCUT2D eigenvalue weighted by atomic mass is 10.1. The van der Waals surface area contributed by atoms with Crippen LogP contribution < -0.4 is 5.73 Å². The van der Waals surface area contributed by atoms with E-state index in [-0.39, 0.29) is 23.1 Å². The van der Waals surface area contributed by atoms with Crippen LogP contribution in [0.25, 0.3) is 11.2 Å². The molecule has 1 fully saturated rings. The van der Waals surface area contributed by atoms with Crippen LogP contribution in [0.2, 0.25) is 0 Å². The fourth-order valence-corrected chi connectivity index (χ4v) is 4.58. The maximum atomic E-state index is 10.7. The molecule has 12 heteroatoms. The number of carboxylic acid groups (broad SMARTS) is 1. The Morgan fingerprint density at radius 3 is 2.81 bits per heavy atom. The SMILES string of the molecule is C[S+](CCC(O)C(=O)O)C[C@H]1O[C@@H](n2cnc3c(N)ncnc32)[C@H](O)[C@@H]1O. The molecule has 2 aromatic rings. The monoisotopic (exact) mass is 400 g/mol. The number of fused-ring (bicyclic) bond motifs is 1. The normalized spacial score (nSPS) is 27.7. The molecule has 0 aliphatic carbocycles. The molecule has 2 aromatic heterocycles. The van der Waals surface area contributed by atoms with E-state index in [0.717, 1.165) is 0 Å². The van der Waals surface area contributed by atoms with Crippen LogP contribution in [0.5, 0.6) is 0 Å². The number of nitrogen functional groups attached to an aromatic ring is 1. The molecule has 1 saturated heterocycles. The molecule has 3 rings (SSSR count). The lowest BCUT2D eigenvalue weighted by Crippen LogP contribution is -2.36. The van der Waals surface area contributed by atoms with Crippen LogP contribution in [-0.2, 0) is 20.4 Å². The zero-order valence-electron chi connectivity index (χ0n) is 14.5. The summed E-state index contributed by atoms with van der Waals surface area (Å²) in [5.74, 6) is -0.160. The predicted molar refractivity (Wildman–Crippen MR) is 96.9 cm³/mol. The number of imidazole rings is 1. The second kappa shape index (κ2) is 7.94. The highest BCUT2D eigenvalue weighted by Crippen LogP contribution is 2.32. The van der Waals surface area contributed by atoms with Gasteiger partial charge in [0.1, 0.15) is 41.7 Å². The number of aliphatic carboxylic acids is 1. The number of hydrogen-bond acceptors (Lipinski definition) is 9. The summed E-state index contributed by atoms with van der Waals surface area (Å²) in [6, 6.07) is 0. The first kappa shape index (κ1) is 19.8. The number of nitrogens with zero attached hydrogens (tertiary/aromatic N) is 4. The topological polar surface area (TPSA) is 177 Å². The van der Waals surface area contributed by atoms with E-state index >= 15 is 0 Å². The maximum absolute atomic E-state index is 10.7. The van der Waals surface area contributed by atoms with E-state index in [1.54, 1.807) is 0 Å². The molecule has 0 bridgehead atoms. The van der Waals surface area contributed by atoms with E-state index in [0.29, 0.717) is 22.7 Å². The predicted octanol–water partition coefficient (Wildman–Crippen LogP) is -1.89. The Kier molecular flexibility index (Phi) is 5.81. The van der Waals surface area contributed by atoms with Crippen molar-refractivity contribution in [3.8, 4) is 0 Å². The Bertz CT molecular complexity index is 819. The second-order valence-corrected chi connectivity index (χ2v) is 8.73. The van der Waals surface area contributed by atoms with Crippen LogP contribution in [0.1, 0.15) is 12.6 Å². The van der Waals surface area contributed by atoms with Crippen molar-refractivity contribution in [1.29, 1.82) is 0 Å². The number of rotatable bonds is 7. The third-order valence-corrected chi connectivity index (χ3v) is 6.30. The van der Waals surface area contributed by atoms with E-state index in [9.17, 15) is 20.1 Å². The number of aliphatic hydroxyl groups is 3. The van der Waals surface area contributed by atoms with Gasteiger partial charge in [-0.1, -0.05) is 0 Å². The molecule has 0 amide bonds. The largest absolute Gasteiger partial charge is 0.479 e. The number of aliphatic hydroxyl groups excluding tert-OH is 3. The summed E-state index contributed by atoms with van der Waals surface area (Å²) in [6.07, 6.45) is -0.526. The van der Waals surface area contributed by atoms with E-state index in [1.165, 1.54) is 17.2 Å². The summed E-state index contributed by atoms with van der Waals surface area (Å²) in [7, 11) is -0.315. The van der Waals surface area contributed by atoms with Crippen LogP contribution in [-0.4, -0.2) is 88.1 Å². The number of nitrogens with two attached hydrogens (primary N) is 1. The number of carbonyl (C=O) groups is 1. The lowest BCUT2D eigenvalue weighted by molar-refractivity contribution is -0.146. The number of ether oxygens (including phenoxy) is 1. The first-order valence-corrected chi connectivity index (χ1v) is 10.2. The van der Waals surface area contributed by atoms with E-state index in [2.05, 4.69) is 15.0 Å². The molecule has 6 atom stereocenters. The first-order chi connectivity index (χ1) is 12.8. The van der Waals surface area contributed by atoms with Crippen molar-refractivity contribution in [3.63, 3.8) is 0 Å². The minimum Gasteiger partial charge on any atom is -0.479 e. The molecule has 1 aliphatic heterocycles. The van der Waals surface area contributed by atoms with Crippen LogP contribution in [0.3, 0.4) is 0 Å². The summed E-state index contributed by atoms with van der Waals surface area (Å²) >= 11 is 0. The van der Waals surface area contributed by atoms with Crippen molar-refractivity contribution in [3.05, 3.63) is 12.7 Å². The number of carboxylic acids is 1. The minimum atomic E-state index is -1.41. The maximum Gasteiger partial charge on any atom is 0.332 e. The summed E-state index contributed by atoms with van der Waals surface area (Å²) in [5.41, 5.74) is 6.53. The molecule has 0 spiro atoms. The highest BCUT2D eigenvalue weighted by Gasteiger charge is 2.46. The second-order valence-electron chi connectivity index (χ2n) is 6.42. The van der Waals surface area contributed by atoms with Gasteiger partial charge >= 0.3 is 5.97 Å². The Balaban J connectivity index is 1.68. The molecule has 2 unspecified atom stereocenters. The minimum absolute atomic E-state index is 0.117. The van der Waals surface area contributed by atoms with Gasteiger partial charge in [0.2, 0.25) is 0 Å². The van der Waals surface area contributed by atoms with E-state index < -0.39 is 36.6 Å². The van der Waals surface area contributed by atoms with Crippen LogP contribution >= 0.6 is 0 Å². The molecular formula is C15H22N5O6S+. The van der Waals surface area contributed by atoms with Gasteiger partial charge in [0.05, 0.1) is 12.6 Å². The van der Waals surface area contributed by atoms with E-state index in [1.807, 2.05) is 6.26 Å². The third kappa shape index (κ3) is 3.99. The fourth-order valence-electron chi connectivity index (χ4n) is 2.95. The van der Waals surface area contributed by atoms with Gasteiger partial charge < -0.3 is 30.9 Å². The molecule has 0 aromatic carbocycles. The Labute approximate surface area is 157 Å². The van der Waals surface area contributed by atoms with Gasteiger partial charge in [-0.2, -0.15) is 0 Å². The fraction of sp³-hybridized carbons (Fsp3) is 0.600. The number of anilines is 1. The Morgan fingerprint density at radius 2 is 2.11 bits per heavy atom. The molecule has 3 heterocycles. The van der Waals surface area contributed by atoms with Gasteiger partial charge in [-0.05, 0) is 10.9 Å². The van der Waals surface area contributed by atoms with Gasteiger partial charge in [0.25, 0.3) is 0 Å². The summed E-state index contributed by atoms with van der Waals surface area (Å²) < 4.78 is 7.36. The van der Waals surface area contributed by atoms with Crippen molar-refractivity contribution in [2.45, 2.75) is 37.1 Å². The molecule has 0 radical (unpaired) electrons. The van der Waals surface area contributed by atoms with Gasteiger partial charge in [0, 0.05) is 6.42 Å². The van der Waals surface area contributed by atoms with Gasteiger partial charge in [-0.25, -0.2) is 19.7 Å². The summed E-state index contributed by atoms with van der Waals surface area (Å²) in [4.78, 5) is 22.8. The first-order valence-electron chi connectivity index (χ1n) is 8.24. The van der Waals surface area contributed by atoms with Crippen molar-refractivity contribution >= 4 is 33.8 Å². The Morgan fingerprint density at radius 1 is 1.37 bits per heavy atom. The third-order valence-electron chi connectivity index (χ3n) is 4.47. The molecule has 11 nitrogen and oxygen atoms in total. The highest BCUT2D eigenvalue weighted by molar-refractivity contribution is 7.96. The van der Waals surface area contributed by atoms with Crippen LogP contribution in [0.4, 0.5) is 5.82 Å². The van der Waals surface area contributed by atoms with Crippen molar-refractivity contribution in [1.82, 2.24) is 19.5 Å². The van der Waals surface area contributed by atoms with E-state index in [4.69, 9.17) is 15.6 Å². The van der Waals surface area contributed by atoms with Gasteiger partial charge in [-0.3, -0.25) is 4.57 Å². The molecule has 1 aliphatic rings. The average Bonchev–Trinajstić information content (AvgIpc) is 3.17. The van der Waals surface area contributed by atoms with Crippen molar-refractivity contribution < 1.29 is 30.0 Å². The van der Waals surface area contributed by atoms with Crippen molar-refractivity contribution in [2.24, 2.45) is 0 Å². The lowest BCUT2D eigenvalue weighted by Gasteiger charge is -2.16. The van der Waals surface area contributed by atoms with Crippen LogP contribution in [0.15, 0.2) is 12.7 Å². The quantitative estimate of drug-likeness (QED) is 0.330. The molecule has 6 N–H and O–H groups in total. The average molecular weight is 400 g/mol. The molecule has 148 valence electrons. The Hall–Kier alpha value is -1.99. The summed E-state index contributed by atoms with van der Waals surface area (Å²) in [6.45, 7) is 0. The van der Waals surface area contributed by atoms with Crippen molar-refractivity contribution in [2.75, 3.05) is 23.5 Å². The molecule has 0 saturated carbocycles. The highest BCUT2D eigenvalue weighted by atomic mass is 32.2. The standard InChI is InChI=1S/C15H21N5O6S/c1-27(3-2-7(21)15(24)25)4-8-10(22)11(23)14(26-8)20-6-19-9-12(16)17-5-18-13(9)20/h5-8,10-11,14,21-23H,2-4H2,1H3,(H2-,16,17,18,24,25)/p+1/t7?,8-,10-,11-,14-,27?/m1/s1. The van der Waals surface area contributed by atoms with Gasteiger partial charge in [0.15, 0.2) is 23.8 Å². The number of aromatic nitrogens is 4.